The largest absolute Gasteiger partial charge is 0.241 e. The molecular formula is C17H19N5O2S2. The molecule has 26 heavy (non-hydrogen) atoms. The van der Waals surface area contributed by atoms with Crippen LogP contribution in [-0.4, -0.2) is 39.9 Å². The van der Waals surface area contributed by atoms with E-state index < -0.39 is 15.6 Å². The van der Waals surface area contributed by atoms with E-state index in [0.717, 1.165) is 5.69 Å². The number of sulfonamides is 1. The van der Waals surface area contributed by atoms with Gasteiger partial charge in [0.2, 0.25) is 15.2 Å². The van der Waals surface area contributed by atoms with Gasteiger partial charge in [0.15, 0.2) is 0 Å². The predicted octanol–water partition coefficient (Wildman–Crippen LogP) is 2.51. The summed E-state index contributed by atoms with van der Waals surface area (Å²) in [6.45, 7) is 3.66. The maximum atomic E-state index is 12.5. The average Bonchev–Trinajstić information content (AvgIpc) is 3.09. The monoisotopic (exact) mass is 389 g/mol. The van der Waals surface area contributed by atoms with Crippen molar-refractivity contribution in [3.05, 3.63) is 60.7 Å². The second kappa shape index (κ2) is 7.56. The fourth-order valence-corrected chi connectivity index (χ4v) is 4.74. The lowest BCUT2D eigenvalue weighted by atomic mass is 10.1. The Morgan fingerprint density at radius 1 is 1.04 bits per heavy atom. The van der Waals surface area contributed by atoms with Gasteiger partial charge in [-0.1, -0.05) is 48.2 Å². The molecule has 0 aliphatic heterocycles. The van der Waals surface area contributed by atoms with Gasteiger partial charge in [-0.05, 0) is 48.5 Å². The summed E-state index contributed by atoms with van der Waals surface area (Å²) in [6, 6.07) is 17.9. The van der Waals surface area contributed by atoms with E-state index in [1.807, 2.05) is 44.2 Å². The Kier molecular flexibility index (Phi) is 5.40. The minimum Gasteiger partial charge on any atom is -0.207 e. The number of rotatable bonds is 7. The molecule has 0 saturated heterocycles. The smallest absolute Gasteiger partial charge is 0.207 e. The quantitative estimate of drug-likeness (QED) is 0.625. The lowest BCUT2D eigenvalue weighted by Crippen LogP contribution is -2.45. The summed E-state index contributed by atoms with van der Waals surface area (Å²) < 4.78 is 29.4. The van der Waals surface area contributed by atoms with Crippen molar-refractivity contribution >= 4 is 21.8 Å². The van der Waals surface area contributed by atoms with Gasteiger partial charge >= 0.3 is 0 Å². The first-order valence-electron chi connectivity index (χ1n) is 7.93. The number of hydrogen-bond donors (Lipinski definition) is 1. The first kappa shape index (κ1) is 18.6. The maximum Gasteiger partial charge on any atom is 0.241 e. The van der Waals surface area contributed by atoms with Crippen LogP contribution in [0.25, 0.3) is 5.69 Å². The molecule has 0 amide bonds. The van der Waals surface area contributed by atoms with E-state index >= 15 is 0 Å². The van der Waals surface area contributed by atoms with Crippen LogP contribution >= 0.6 is 11.8 Å². The van der Waals surface area contributed by atoms with E-state index in [0.29, 0.717) is 10.9 Å². The Bertz CT molecular complexity index is 957. The summed E-state index contributed by atoms with van der Waals surface area (Å²) in [6.07, 6.45) is 0. The Labute approximate surface area is 156 Å². The van der Waals surface area contributed by atoms with Crippen LogP contribution in [0.3, 0.4) is 0 Å². The highest BCUT2D eigenvalue weighted by atomic mass is 32.2. The van der Waals surface area contributed by atoms with Crippen LogP contribution in [0.1, 0.15) is 13.8 Å². The third-order valence-electron chi connectivity index (χ3n) is 3.47. The molecule has 136 valence electrons. The molecule has 0 aliphatic rings. The van der Waals surface area contributed by atoms with Crippen molar-refractivity contribution in [3.63, 3.8) is 0 Å². The van der Waals surface area contributed by atoms with E-state index in [1.54, 1.807) is 35.0 Å². The Morgan fingerprint density at radius 3 is 2.31 bits per heavy atom. The summed E-state index contributed by atoms with van der Waals surface area (Å²) in [5.41, 5.74) is 0.162. The van der Waals surface area contributed by atoms with Gasteiger partial charge in [-0.3, -0.25) is 0 Å². The lowest BCUT2D eigenvalue weighted by Gasteiger charge is -2.25. The second-order valence-corrected chi connectivity index (χ2v) is 8.92. The molecule has 0 spiro atoms. The molecule has 7 nitrogen and oxygen atoms in total. The van der Waals surface area contributed by atoms with Crippen LogP contribution in [0.2, 0.25) is 0 Å². The third-order valence-corrected chi connectivity index (χ3v) is 6.56. The van der Waals surface area contributed by atoms with Crippen molar-refractivity contribution in [1.82, 2.24) is 24.9 Å². The third kappa shape index (κ3) is 4.48. The number of hydrogen-bond acceptors (Lipinski definition) is 6. The molecule has 1 N–H and O–H groups in total. The van der Waals surface area contributed by atoms with Gasteiger partial charge in [0, 0.05) is 11.3 Å². The molecule has 0 bridgehead atoms. The van der Waals surface area contributed by atoms with E-state index in [4.69, 9.17) is 0 Å². The van der Waals surface area contributed by atoms with Gasteiger partial charge in [-0.25, -0.2) is 13.1 Å². The maximum absolute atomic E-state index is 12.5. The number of aromatic nitrogens is 4. The number of tetrazole rings is 1. The highest BCUT2D eigenvalue weighted by molar-refractivity contribution is 7.99. The standard InChI is InChI=1S/C17H19N5O2S2/c1-17(2,19-26(23,24)15-11-7-4-8-12-15)13-25-16-18-20-21-22(16)14-9-5-3-6-10-14/h3-12,19H,13H2,1-2H3. The molecule has 0 fully saturated rings. The normalized spacial score (nSPS) is 12.2. The Morgan fingerprint density at radius 2 is 1.65 bits per heavy atom. The van der Waals surface area contributed by atoms with Gasteiger partial charge in [0.05, 0.1) is 10.6 Å². The van der Waals surface area contributed by atoms with Crippen LogP contribution in [0.15, 0.2) is 70.7 Å². The molecule has 2 aromatic carbocycles. The van der Waals surface area contributed by atoms with Crippen LogP contribution < -0.4 is 4.72 Å². The zero-order valence-corrected chi connectivity index (χ0v) is 16.0. The summed E-state index contributed by atoms with van der Waals surface area (Å²) in [4.78, 5) is 0.243. The number of thioether (sulfide) groups is 1. The second-order valence-electron chi connectivity index (χ2n) is 6.30. The Hall–Kier alpha value is -2.23. The van der Waals surface area contributed by atoms with Crippen molar-refractivity contribution in [2.24, 2.45) is 0 Å². The lowest BCUT2D eigenvalue weighted by molar-refractivity contribution is 0.497. The van der Waals surface area contributed by atoms with Crippen molar-refractivity contribution in [3.8, 4) is 5.69 Å². The molecule has 0 saturated carbocycles. The number of benzene rings is 2. The molecule has 0 unspecified atom stereocenters. The summed E-state index contributed by atoms with van der Waals surface area (Å²) >= 11 is 1.39. The summed E-state index contributed by atoms with van der Waals surface area (Å²) in [7, 11) is -3.59. The van der Waals surface area contributed by atoms with Gasteiger partial charge in [0.25, 0.3) is 0 Å². The fourth-order valence-electron chi connectivity index (χ4n) is 2.30. The number of nitrogens with one attached hydrogen (secondary N) is 1. The highest BCUT2D eigenvalue weighted by Gasteiger charge is 2.27. The molecule has 0 radical (unpaired) electrons. The van der Waals surface area contributed by atoms with Gasteiger partial charge in [-0.2, -0.15) is 4.68 Å². The molecule has 3 aromatic rings. The minimum atomic E-state index is -3.59. The van der Waals surface area contributed by atoms with E-state index in [9.17, 15) is 8.42 Å². The van der Waals surface area contributed by atoms with Crippen LogP contribution in [0, 0.1) is 0 Å². The zero-order valence-electron chi connectivity index (χ0n) is 14.4. The molecule has 1 heterocycles. The SMILES string of the molecule is CC(C)(CSc1nnnn1-c1ccccc1)NS(=O)(=O)c1ccccc1. The van der Waals surface area contributed by atoms with Gasteiger partial charge in [0.1, 0.15) is 0 Å². The average molecular weight is 390 g/mol. The van der Waals surface area contributed by atoms with Gasteiger partial charge in [-0.15, -0.1) is 5.10 Å². The molecule has 0 atom stereocenters. The topological polar surface area (TPSA) is 89.8 Å². The van der Waals surface area contributed by atoms with E-state index in [1.165, 1.54) is 11.8 Å². The predicted molar refractivity (Wildman–Crippen MR) is 101 cm³/mol. The van der Waals surface area contributed by atoms with Crippen LogP contribution in [-0.2, 0) is 10.0 Å². The van der Waals surface area contributed by atoms with Gasteiger partial charge < -0.3 is 0 Å². The van der Waals surface area contributed by atoms with Crippen molar-refractivity contribution in [2.45, 2.75) is 29.4 Å². The molecule has 9 heteroatoms. The summed E-state index contributed by atoms with van der Waals surface area (Å²) in [5, 5.41) is 12.4. The molecule has 3 rings (SSSR count). The van der Waals surface area contributed by atoms with Crippen molar-refractivity contribution in [2.75, 3.05) is 5.75 Å². The van der Waals surface area contributed by atoms with E-state index in [-0.39, 0.29) is 4.90 Å². The molecular weight excluding hydrogens is 370 g/mol. The number of nitrogens with zero attached hydrogens (tertiary/aromatic N) is 4. The molecule has 1 aromatic heterocycles. The van der Waals surface area contributed by atoms with Crippen LogP contribution in [0.4, 0.5) is 0 Å². The zero-order chi connectivity index (χ0) is 18.6. The number of para-hydroxylation sites is 1. The van der Waals surface area contributed by atoms with E-state index in [2.05, 4.69) is 20.2 Å². The first-order valence-corrected chi connectivity index (χ1v) is 10.4. The Balaban J connectivity index is 1.71. The van der Waals surface area contributed by atoms with Crippen molar-refractivity contribution in [1.29, 1.82) is 0 Å². The molecule has 0 aliphatic carbocycles. The first-order chi connectivity index (χ1) is 12.4. The highest BCUT2D eigenvalue weighted by Crippen LogP contribution is 2.23. The van der Waals surface area contributed by atoms with Crippen LogP contribution in [0.5, 0.6) is 0 Å². The summed E-state index contributed by atoms with van der Waals surface area (Å²) in [5.74, 6) is 0.465. The van der Waals surface area contributed by atoms with Crippen molar-refractivity contribution < 1.29 is 8.42 Å². The fraction of sp³-hybridized carbons (Fsp3) is 0.235. The minimum absolute atomic E-state index is 0.243.